The van der Waals surface area contributed by atoms with Crippen molar-refractivity contribution in [2.75, 3.05) is 5.32 Å². The summed E-state index contributed by atoms with van der Waals surface area (Å²) in [6, 6.07) is 18.5. The largest absolute Gasteiger partial charge is 0.340 e. The fourth-order valence-corrected chi connectivity index (χ4v) is 4.12. The monoisotopic (exact) mass is 393 g/mol. The van der Waals surface area contributed by atoms with Crippen molar-refractivity contribution in [3.8, 4) is 0 Å². The summed E-state index contributed by atoms with van der Waals surface area (Å²) in [5.74, 6) is 1.65. The van der Waals surface area contributed by atoms with Gasteiger partial charge in [-0.2, -0.15) is 0 Å². The van der Waals surface area contributed by atoms with E-state index in [1.165, 1.54) is 10.4 Å². The van der Waals surface area contributed by atoms with Crippen molar-refractivity contribution < 1.29 is 0 Å². The van der Waals surface area contributed by atoms with Crippen LogP contribution in [0.4, 0.5) is 11.5 Å². The van der Waals surface area contributed by atoms with Crippen molar-refractivity contribution in [3.05, 3.63) is 81.4 Å². The number of fused-ring (bicyclic) bond motifs is 1. The van der Waals surface area contributed by atoms with Gasteiger partial charge in [-0.3, -0.25) is 0 Å². The molecule has 5 heteroatoms. The normalized spacial score (nSPS) is 11.1. The second-order valence-electron chi connectivity index (χ2n) is 6.52. The predicted molar refractivity (Wildman–Crippen MR) is 116 cm³/mol. The lowest BCUT2D eigenvalue weighted by atomic mass is 10.1. The molecule has 2 aromatic carbocycles. The van der Waals surface area contributed by atoms with Crippen LogP contribution in [-0.4, -0.2) is 9.97 Å². The van der Waals surface area contributed by atoms with Gasteiger partial charge < -0.3 is 5.32 Å². The molecule has 0 fully saturated rings. The maximum atomic E-state index is 6.29. The number of aromatic nitrogens is 2. The minimum Gasteiger partial charge on any atom is -0.340 e. The van der Waals surface area contributed by atoms with Gasteiger partial charge in [-0.1, -0.05) is 54.9 Å². The molecule has 0 unspecified atom stereocenters. The highest BCUT2D eigenvalue weighted by atomic mass is 35.5. The maximum Gasteiger partial charge on any atom is 0.142 e. The van der Waals surface area contributed by atoms with Gasteiger partial charge >= 0.3 is 0 Å². The highest BCUT2D eigenvalue weighted by molar-refractivity contribution is 7.18. The predicted octanol–water partition coefficient (Wildman–Crippen LogP) is 6.55. The van der Waals surface area contributed by atoms with Crippen LogP contribution in [0.25, 0.3) is 10.2 Å². The van der Waals surface area contributed by atoms with E-state index in [0.29, 0.717) is 6.42 Å². The average Bonchev–Trinajstić information content (AvgIpc) is 3.09. The van der Waals surface area contributed by atoms with Crippen LogP contribution in [0.3, 0.4) is 0 Å². The molecule has 4 aromatic rings. The molecular weight excluding hydrogens is 374 g/mol. The van der Waals surface area contributed by atoms with Gasteiger partial charge in [0.15, 0.2) is 0 Å². The van der Waals surface area contributed by atoms with Gasteiger partial charge in [-0.15, -0.1) is 11.3 Å². The van der Waals surface area contributed by atoms with Crippen molar-refractivity contribution in [1.82, 2.24) is 9.97 Å². The molecule has 0 aliphatic rings. The van der Waals surface area contributed by atoms with Crippen molar-refractivity contribution >= 4 is 44.7 Å². The zero-order valence-electron chi connectivity index (χ0n) is 15.3. The fourth-order valence-electron chi connectivity index (χ4n) is 2.95. The number of aryl methyl sites for hydroxylation is 2. The highest BCUT2D eigenvalue weighted by Crippen LogP contribution is 2.32. The van der Waals surface area contributed by atoms with Crippen molar-refractivity contribution in [3.63, 3.8) is 0 Å². The average molecular weight is 394 g/mol. The summed E-state index contributed by atoms with van der Waals surface area (Å²) in [7, 11) is 0. The molecule has 136 valence electrons. The Hall–Kier alpha value is -2.43. The zero-order chi connectivity index (χ0) is 18.8. The van der Waals surface area contributed by atoms with E-state index in [-0.39, 0.29) is 0 Å². The summed E-state index contributed by atoms with van der Waals surface area (Å²) in [5, 5.41) is 5.25. The van der Waals surface area contributed by atoms with E-state index >= 15 is 0 Å². The first kappa shape index (κ1) is 18.0. The number of nitrogens with one attached hydrogen (secondary N) is 1. The van der Waals surface area contributed by atoms with Crippen LogP contribution >= 0.6 is 22.9 Å². The Balaban J connectivity index is 1.76. The Morgan fingerprint density at radius 3 is 2.59 bits per heavy atom. The van der Waals surface area contributed by atoms with Gasteiger partial charge in [0.05, 0.1) is 5.39 Å². The van der Waals surface area contributed by atoms with Crippen LogP contribution in [0, 0.1) is 6.92 Å². The van der Waals surface area contributed by atoms with Crippen molar-refractivity contribution in [1.29, 1.82) is 0 Å². The van der Waals surface area contributed by atoms with Crippen LogP contribution in [0.1, 0.15) is 28.8 Å². The van der Waals surface area contributed by atoms with Crippen molar-refractivity contribution in [2.45, 2.75) is 26.7 Å². The topological polar surface area (TPSA) is 37.8 Å². The van der Waals surface area contributed by atoms with E-state index in [2.05, 4.69) is 30.4 Å². The third-order valence-electron chi connectivity index (χ3n) is 4.48. The lowest BCUT2D eigenvalue weighted by Gasteiger charge is -2.10. The molecule has 2 aromatic heterocycles. The number of hydrogen-bond acceptors (Lipinski definition) is 4. The summed E-state index contributed by atoms with van der Waals surface area (Å²) < 4.78 is 0. The molecule has 0 atom stereocenters. The molecule has 0 aliphatic heterocycles. The van der Waals surface area contributed by atoms with E-state index in [9.17, 15) is 0 Å². The van der Waals surface area contributed by atoms with Gasteiger partial charge in [0.2, 0.25) is 0 Å². The first-order valence-electron chi connectivity index (χ1n) is 8.99. The Morgan fingerprint density at radius 1 is 1.04 bits per heavy atom. The van der Waals surface area contributed by atoms with Crippen LogP contribution in [0.5, 0.6) is 0 Å². The summed E-state index contributed by atoms with van der Waals surface area (Å²) in [6.07, 6.45) is 1.70. The summed E-state index contributed by atoms with van der Waals surface area (Å²) >= 11 is 8.03. The lowest BCUT2D eigenvalue weighted by Crippen LogP contribution is -2.01. The van der Waals surface area contributed by atoms with Crippen LogP contribution < -0.4 is 5.32 Å². The minimum atomic E-state index is 0.708. The Kier molecular flexibility index (Phi) is 5.10. The number of anilines is 2. The smallest absolute Gasteiger partial charge is 0.142 e. The zero-order valence-corrected chi connectivity index (χ0v) is 16.9. The third-order valence-corrected chi connectivity index (χ3v) is 6.06. The number of rotatable bonds is 5. The van der Waals surface area contributed by atoms with Crippen LogP contribution in [0.15, 0.2) is 54.6 Å². The summed E-state index contributed by atoms with van der Waals surface area (Å²) in [6.45, 7) is 4.16. The van der Waals surface area contributed by atoms with Gasteiger partial charge in [-0.25, -0.2) is 9.97 Å². The molecule has 2 heterocycles. The molecule has 0 aliphatic carbocycles. The first-order valence-corrected chi connectivity index (χ1v) is 10.2. The fraction of sp³-hybridized carbons (Fsp3) is 0.182. The quantitative estimate of drug-likeness (QED) is 0.417. The molecule has 0 saturated carbocycles. The number of halogens is 1. The Morgan fingerprint density at radius 2 is 1.85 bits per heavy atom. The summed E-state index contributed by atoms with van der Waals surface area (Å²) in [4.78, 5) is 12.0. The third kappa shape index (κ3) is 3.97. The molecule has 3 nitrogen and oxygen atoms in total. The van der Waals surface area contributed by atoms with E-state index in [1.54, 1.807) is 11.3 Å². The molecule has 0 spiro atoms. The van der Waals surface area contributed by atoms with E-state index < -0.39 is 0 Å². The second-order valence-corrected chi connectivity index (χ2v) is 8.05. The minimum absolute atomic E-state index is 0.708. The van der Waals surface area contributed by atoms with E-state index in [4.69, 9.17) is 21.6 Å². The second kappa shape index (κ2) is 7.67. The van der Waals surface area contributed by atoms with Gasteiger partial charge in [0.1, 0.15) is 16.5 Å². The van der Waals surface area contributed by atoms with Crippen LogP contribution in [0.2, 0.25) is 5.02 Å². The van der Waals surface area contributed by atoms with Gasteiger partial charge in [-0.05, 0) is 42.7 Å². The number of thiophene rings is 1. The number of hydrogen-bond donors (Lipinski definition) is 1. The summed E-state index contributed by atoms with van der Waals surface area (Å²) in [5.41, 5.74) is 3.19. The standard InChI is InChI=1S/C22H20ClN3S/c1-3-17-13-18-21(24-16-10-9-14(2)19(23)12-16)25-20(26-22(18)27-17)11-15-7-5-4-6-8-15/h4-10,12-13H,3,11H2,1-2H3,(H,24,25,26). The van der Waals surface area contributed by atoms with Crippen LogP contribution in [-0.2, 0) is 12.8 Å². The van der Waals surface area contributed by atoms with Crippen molar-refractivity contribution in [2.24, 2.45) is 0 Å². The van der Waals surface area contributed by atoms with Gasteiger partial charge in [0, 0.05) is 22.0 Å². The molecule has 0 amide bonds. The molecule has 0 bridgehead atoms. The van der Waals surface area contributed by atoms with Gasteiger partial charge in [0.25, 0.3) is 0 Å². The maximum absolute atomic E-state index is 6.29. The molecule has 1 N–H and O–H groups in total. The molecule has 0 radical (unpaired) electrons. The SMILES string of the molecule is CCc1cc2c(Nc3ccc(C)c(Cl)c3)nc(Cc3ccccc3)nc2s1. The Bertz CT molecular complexity index is 1090. The van der Waals surface area contributed by atoms with E-state index in [1.807, 2.05) is 43.3 Å². The molecule has 4 rings (SSSR count). The number of benzene rings is 2. The number of nitrogens with zero attached hydrogens (tertiary/aromatic N) is 2. The first-order chi connectivity index (χ1) is 13.1. The Labute approximate surface area is 168 Å². The molecule has 27 heavy (non-hydrogen) atoms. The molecular formula is C22H20ClN3S. The lowest BCUT2D eigenvalue weighted by molar-refractivity contribution is 1.000. The van der Waals surface area contributed by atoms with E-state index in [0.717, 1.165) is 44.6 Å². The highest BCUT2D eigenvalue weighted by Gasteiger charge is 2.13. The molecule has 0 saturated heterocycles.